The normalized spacial score (nSPS) is 12.4. The van der Waals surface area contributed by atoms with Gasteiger partial charge >= 0.3 is 0 Å². The predicted octanol–water partition coefficient (Wildman–Crippen LogP) is 18.6. The molecule has 0 atom stereocenters. The average Bonchev–Trinajstić information content (AvgIpc) is 3.64. The van der Waals surface area contributed by atoms with Crippen molar-refractivity contribution in [3.05, 3.63) is 272 Å². The highest BCUT2D eigenvalue weighted by molar-refractivity contribution is 5.90. The predicted molar refractivity (Wildman–Crippen MR) is 289 cm³/mol. The number of anilines is 3. The van der Waals surface area contributed by atoms with E-state index in [-0.39, 0.29) is 5.41 Å². The lowest BCUT2D eigenvalue weighted by molar-refractivity contribution is 0.660. The summed E-state index contributed by atoms with van der Waals surface area (Å²) in [4.78, 5) is 2.39. The van der Waals surface area contributed by atoms with Crippen molar-refractivity contribution in [1.82, 2.24) is 0 Å². The number of benzene rings is 11. The Balaban J connectivity index is 0.876. The molecule has 0 heterocycles. The van der Waals surface area contributed by atoms with Gasteiger partial charge in [-0.2, -0.15) is 0 Å². The maximum Gasteiger partial charge on any atom is 0.0467 e. The van der Waals surface area contributed by atoms with Crippen LogP contribution in [0.4, 0.5) is 17.1 Å². The molecule has 1 aliphatic rings. The number of fused-ring (bicyclic) bond motifs is 4. The molecule has 0 bridgehead atoms. The van der Waals surface area contributed by atoms with E-state index in [1.807, 2.05) is 0 Å². The van der Waals surface area contributed by atoms with Gasteiger partial charge in [0.2, 0.25) is 0 Å². The molecule has 1 aliphatic carbocycles. The van der Waals surface area contributed by atoms with Gasteiger partial charge in [-0.15, -0.1) is 0 Å². The van der Waals surface area contributed by atoms with Gasteiger partial charge < -0.3 is 4.90 Å². The SMILES string of the molecule is CC1(C)c2ccccc2-c2ccc(-c3ccc(N(c4ccc(-c5ccc(-c6cccc(-c7ccc8ccccc8c7)c6)cc5)cc4)c4cccc(-c5ccccc5-c5ccccc5)c4)cc3)cc21. The first-order valence-corrected chi connectivity index (χ1v) is 23.6. The van der Waals surface area contributed by atoms with Crippen LogP contribution in [0.2, 0.25) is 0 Å². The minimum Gasteiger partial charge on any atom is -0.310 e. The van der Waals surface area contributed by atoms with E-state index in [9.17, 15) is 0 Å². The van der Waals surface area contributed by atoms with Crippen molar-refractivity contribution in [2.75, 3.05) is 4.90 Å². The van der Waals surface area contributed by atoms with Crippen LogP contribution in [0.15, 0.2) is 261 Å². The average molecular weight is 868 g/mol. The Labute approximate surface area is 399 Å². The third kappa shape index (κ3) is 7.49. The molecular weight excluding hydrogens is 819 g/mol. The van der Waals surface area contributed by atoms with E-state index in [2.05, 4.69) is 280 Å². The summed E-state index contributed by atoms with van der Waals surface area (Å²) in [5, 5.41) is 2.52. The van der Waals surface area contributed by atoms with Crippen LogP contribution in [0.3, 0.4) is 0 Å². The van der Waals surface area contributed by atoms with Crippen LogP contribution >= 0.6 is 0 Å². The fraction of sp³-hybridized carbons (Fsp3) is 0.0448. The van der Waals surface area contributed by atoms with Crippen molar-refractivity contribution in [1.29, 1.82) is 0 Å². The Kier molecular flexibility index (Phi) is 10.3. The van der Waals surface area contributed by atoms with E-state index in [0.717, 1.165) is 17.1 Å². The van der Waals surface area contributed by atoms with Crippen LogP contribution in [0.1, 0.15) is 25.0 Å². The lowest BCUT2D eigenvalue weighted by Gasteiger charge is -2.27. The lowest BCUT2D eigenvalue weighted by atomic mass is 9.81. The van der Waals surface area contributed by atoms with E-state index in [1.54, 1.807) is 0 Å². The molecule has 1 heteroatoms. The van der Waals surface area contributed by atoms with Gasteiger partial charge in [-0.1, -0.05) is 220 Å². The second kappa shape index (κ2) is 17.0. The van der Waals surface area contributed by atoms with E-state index in [1.165, 1.54) is 99.8 Å². The standard InChI is InChI=1S/C67H49N/c1-67(2)65-25-11-10-24-63(65)64-41-36-56(45-66(64)67)50-34-39-59(40-35-50)68(60-21-13-20-57(44-60)62-23-9-8-22-61(62)51-15-4-3-5-16-51)58-37-32-48(33-38-58)47-26-28-49(29-27-47)53-18-12-19-54(42-53)55-31-30-46-14-6-7-17-52(46)43-55/h3-45H,1-2H3. The van der Waals surface area contributed by atoms with Crippen LogP contribution in [0.5, 0.6) is 0 Å². The third-order valence-electron chi connectivity index (χ3n) is 14.1. The van der Waals surface area contributed by atoms with E-state index < -0.39 is 0 Å². The monoisotopic (exact) mass is 867 g/mol. The molecule has 0 fully saturated rings. The van der Waals surface area contributed by atoms with Gasteiger partial charge in [-0.05, 0) is 154 Å². The smallest absolute Gasteiger partial charge is 0.0467 e. The quantitative estimate of drug-likeness (QED) is 0.140. The Morgan fingerprint density at radius 1 is 0.235 bits per heavy atom. The van der Waals surface area contributed by atoms with Crippen molar-refractivity contribution in [3.63, 3.8) is 0 Å². The fourth-order valence-corrected chi connectivity index (χ4v) is 10.5. The van der Waals surface area contributed by atoms with Gasteiger partial charge in [0.25, 0.3) is 0 Å². The molecule has 0 saturated carbocycles. The number of rotatable bonds is 9. The molecule has 0 saturated heterocycles. The van der Waals surface area contributed by atoms with Crippen molar-refractivity contribution >= 4 is 27.8 Å². The second-order valence-electron chi connectivity index (χ2n) is 18.5. The molecule has 322 valence electrons. The third-order valence-corrected chi connectivity index (χ3v) is 14.1. The van der Waals surface area contributed by atoms with Gasteiger partial charge in [0.15, 0.2) is 0 Å². The van der Waals surface area contributed by atoms with Gasteiger partial charge in [0, 0.05) is 22.5 Å². The molecule has 68 heavy (non-hydrogen) atoms. The Morgan fingerprint density at radius 2 is 0.676 bits per heavy atom. The van der Waals surface area contributed by atoms with Crippen molar-refractivity contribution in [2.45, 2.75) is 19.3 Å². The highest BCUT2D eigenvalue weighted by Crippen LogP contribution is 2.50. The van der Waals surface area contributed by atoms with Crippen LogP contribution < -0.4 is 4.90 Å². The zero-order valence-corrected chi connectivity index (χ0v) is 38.3. The zero-order chi connectivity index (χ0) is 45.6. The minimum atomic E-state index is -0.0537. The summed E-state index contributed by atoms with van der Waals surface area (Å²) in [6.45, 7) is 4.70. The summed E-state index contributed by atoms with van der Waals surface area (Å²) in [5.74, 6) is 0. The van der Waals surface area contributed by atoms with Gasteiger partial charge in [0.05, 0.1) is 0 Å². The molecule has 11 aromatic rings. The molecule has 0 unspecified atom stereocenters. The Hall–Kier alpha value is -8.52. The first kappa shape index (κ1) is 40.9. The summed E-state index contributed by atoms with van der Waals surface area (Å²) < 4.78 is 0. The summed E-state index contributed by atoms with van der Waals surface area (Å²) in [5.41, 5.74) is 23.1. The molecule has 0 aliphatic heterocycles. The first-order valence-electron chi connectivity index (χ1n) is 23.6. The van der Waals surface area contributed by atoms with Crippen LogP contribution in [-0.2, 0) is 5.41 Å². The van der Waals surface area contributed by atoms with E-state index >= 15 is 0 Å². The van der Waals surface area contributed by atoms with Gasteiger partial charge in [0.1, 0.15) is 0 Å². The van der Waals surface area contributed by atoms with Gasteiger partial charge in [-0.3, -0.25) is 0 Å². The number of hydrogen-bond acceptors (Lipinski definition) is 1. The maximum absolute atomic E-state index is 2.41. The molecule has 0 amide bonds. The summed E-state index contributed by atoms with van der Waals surface area (Å²) >= 11 is 0. The lowest BCUT2D eigenvalue weighted by Crippen LogP contribution is -2.14. The summed E-state index contributed by atoms with van der Waals surface area (Å²) in [7, 11) is 0. The second-order valence-corrected chi connectivity index (χ2v) is 18.5. The van der Waals surface area contributed by atoms with Crippen molar-refractivity contribution in [3.8, 4) is 77.9 Å². The highest BCUT2D eigenvalue weighted by Gasteiger charge is 2.35. The van der Waals surface area contributed by atoms with E-state index in [0.29, 0.717) is 0 Å². The maximum atomic E-state index is 2.41. The first-order chi connectivity index (χ1) is 33.4. The molecule has 11 aromatic carbocycles. The zero-order valence-electron chi connectivity index (χ0n) is 38.3. The fourth-order valence-electron chi connectivity index (χ4n) is 10.5. The molecule has 12 rings (SSSR count). The topological polar surface area (TPSA) is 3.24 Å². The minimum absolute atomic E-state index is 0.0537. The van der Waals surface area contributed by atoms with Crippen LogP contribution in [0.25, 0.3) is 88.7 Å². The van der Waals surface area contributed by atoms with Crippen LogP contribution in [-0.4, -0.2) is 0 Å². The molecular formula is C67H49N. The van der Waals surface area contributed by atoms with Crippen molar-refractivity contribution in [2.24, 2.45) is 0 Å². The number of hydrogen-bond donors (Lipinski definition) is 0. The molecule has 0 spiro atoms. The van der Waals surface area contributed by atoms with Gasteiger partial charge in [-0.25, -0.2) is 0 Å². The molecule has 0 N–H and O–H groups in total. The number of nitrogens with zero attached hydrogens (tertiary/aromatic N) is 1. The summed E-state index contributed by atoms with van der Waals surface area (Å²) in [6.07, 6.45) is 0. The summed E-state index contributed by atoms with van der Waals surface area (Å²) in [6, 6.07) is 95.5. The molecule has 0 radical (unpaired) electrons. The Bertz CT molecular complexity index is 3620. The van der Waals surface area contributed by atoms with Crippen LogP contribution in [0, 0.1) is 0 Å². The van der Waals surface area contributed by atoms with E-state index in [4.69, 9.17) is 0 Å². The Morgan fingerprint density at radius 3 is 1.37 bits per heavy atom. The van der Waals surface area contributed by atoms with Crippen molar-refractivity contribution < 1.29 is 0 Å². The highest BCUT2D eigenvalue weighted by atomic mass is 15.1. The molecule has 0 aromatic heterocycles. The molecule has 1 nitrogen and oxygen atoms in total. The largest absolute Gasteiger partial charge is 0.310 e.